The molecule has 0 radical (unpaired) electrons. The lowest BCUT2D eigenvalue weighted by molar-refractivity contribution is 0.398. The highest BCUT2D eigenvalue weighted by Gasteiger charge is 2.18. The zero-order chi connectivity index (χ0) is 10.9. The second-order valence-corrected chi connectivity index (χ2v) is 14.2. The summed E-state index contributed by atoms with van der Waals surface area (Å²) in [5, 5.41) is 0. The molecule has 0 spiro atoms. The molecule has 0 fully saturated rings. The molecular weight excluding hydrogens is 311 g/mol. The quantitative estimate of drug-likeness (QED) is 0.442. The van der Waals surface area contributed by atoms with Crippen LogP contribution in [-0.2, 0) is 16.3 Å². The largest absolute Gasteiger partial charge is 0.333 e. The van der Waals surface area contributed by atoms with Crippen LogP contribution in [0.25, 0.3) is 0 Å². The van der Waals surface area contributed by atoms with Crippen LogP contribution in [0.2, 0.25) is 0 Å². The van der Waals surface area contributed by atoms with E-state index in [1.165, 1.54) is 0 Å². The van der Waals surface area contributed by atoms with E-state index in [-0.39, 0.29) is 0 Å². The third-order valence-electron chi connectivity index (χ3n) is 1.02. The van der Waals surface area contributed by atoms with E-state index in [1.54, 1.807) is 22.8 Å². The molecule has 0 saturated heterocycles. The van der Waals surface area contributed by atoms with Gasteiger partial charge in [0.1, 0.15) is 0 Å². The predicted molar refractivity (Wildman–Crippen MR) is 86.7 cm³/mol. The Hall–Kier alpha value is 2.36. The van der Waals surface area contributed by atoms with Gasteiger partial charge in [0, 0.05) is 17.3 Å². The molecule has 8 heteroatoms. The summed E-state index contributed by atoms with van der Waals surface area (Å²) in [5.41, 5.74) is 0. The van der Waals surface area contributed by atoms with Crippen LogP contribution in [0, 0.1) is 0 Å². The van der Waals surface area contributed by atoms with Crippen LogP contribution in [-0.4, -0.2) is 35.4 Å². The van der Waals surface area contributed by atoms with Crippen LogP contribution < -0.4 is 0 Å². The van der Waals surface area contributed by atoms with E-state index >= 15 is 0 Å². The SMILES string of the molecule is S=P(OCCS)(SCCS)SCCS. The highest BCUT2D eigenvalue weighted by molar-refractivity contribution is 8.99. The molecule has 0 N–H and O–H groups in total. The van der Waals surface area contributed by atoms with E-state index in [9.17, 15) is 0 Å². The molecule has 14 heavy (non-hydrogen) atoms. The normalized spacial score (nSPS) is 11.9. The standard InChI is InChI=1S/C6H15OPS6/c9-2-1-7-8(12,13-5-3-10)14-6-4-11/h9-11H,1-6H2. The highest BCUT2D eigenvalue weighted by Crippen LogP contribution is 2.70. The maximum absolute atomic E-state index is 5.69. The summed E-state index contributed by atoms with van der Waals surface area (Å²) in [5.74, 6) is 4.31. The van der Waals surface area contributed by atoms with Crippen molar-refractivity contribution < 1.29 is 4.52 Å². The molecule has 1 nitrogen and oxygen atoms in total. The third kappa shape index (κ3) is 8.50. The van der Waals surface area contributed by atoms with E-state index in [1.807, 2.05) is 0 Å². The van der Waals surface area contributed by atoms with Gasteiger partial charge in [-0.3, -0.25) is 0 Å². The van der Waals surface area contributed by atoms with Crippen LogP contribution >= 0.6 is 65.3 Å². The first kappa shape index (κ1) is 16.4. The summed E-state index contributed by atoms with van der Waals surface area (Å²) in [7, 11) is 0. The van der Waals surface area contributed by atoms with E-state index in [2.05, 4.69) is 37.9 Å². The molecule has 0 aromatic carbocycles. The molecule has 0 aromatic heterocycles. The molecule has 0 heterocycles. The minimum Gasteiger partial charge on any atom is -0.333 e. The summed E-state index contributed by atoms with van der Waals surface area (Å²) >= 11 is 21.4. The summed E-state index contributed by atoms with van der Waals surface area (Å²) in [6.45, 7) is 0.638. The Labute approximate surface area is 116 Å². The molecular formula is C6H15OPS6. The van der Waals surface area contributed by atoms with Gasteiger partial charge in [-0.05, 0) is 23.3 Å². The van der Waals surface area contributed by atoms with Gasteiger partial charge in [-0.1, -0.05) is 22.8 Å². The van der Waals surface area contributed by atoms with Crippen molar-refractivity contribution in [1.82, 2.24) is 0 Å². The van der Waals surface area contributed by atoms with Crippen molar-refractivity contribution >= 4 is 77.1 Å². The Bertz CT molecular complexity index is 149. The first-order valence-corrected chi connectivity index (χ1v) is 11.8. The van der Waals surface area contributed by atoms with Crippen molar-refractivity contribution in [2.75, 3.05) is 35.4 Å². The van der Waals surface area contributed by atoms with Gasteiger partial charge < -0.3 is 4.52 Å². The molecule has 0 unspecified atom stereocenters. The molecule has 0 bridgehead atoms. The van der Waals surface area contributed by atoms with Gasteiger partial charge in [0.2, 0.25) is 0 Å². The van der Waals surface area contributed by atoms with E-state index in [0.29, 0.717) is 6.61 Å². The Morgan fingerprint density at radius 3 is 1.86 bits per heavy atom. The maximum atomic E-state index is 5.69. The van der Waals surface area contributed by atoms with Gasteiger partial charge in [-0.2, -0.15) is 37.9 Å². The lowest BCUT2D eigenvalue weighted by atomic mass is 10.9. The number of thiol groups is 3. The Kier molecular flexibility index (Phi) is 12.3. The third-order valence-corrected chi connectivity index (χ3v) is 11.9. The van der Waals surface area contributed by atoms with E-state index < -0.39 is 4.67 Å². The van der Waals surface area contributed by atoms with Crippen LogP contribution in [0.3, 0.4) is 0 Å². The second-order valence-electron chi connectivity index (χ2n) is 2.12. The van der Waals surface area contributed by atoms with Gasteiger partial charge in [-0.15, -0.1) is 0 Å². The second kappa shape index (κ2) is 10.5. The molecule has 0 rings (SSSR count). The Balaban J connectivity index is 3.97. The van der Waals surface area contributed by atoms with Crippen LogP contribution in [0.15, 0.2) is 0 Å². The highest BCUT2D eigenvalue weighted by atomic mass is 33.2. The van der Waals surface area contributed by atoms with Crippen molar-refractivity contribution in [2.24, 2.45) is 0 Å². The maximum Gasteiger partial charge on any atom is 0.174 e. The fourth-order valence-electron chi connectivity index (χ4n) is 0.570. The van der Waals surface area contributed by atoms with Gasteiger partial charge in [0.15, 0.2) is 4.67 Å². The van der Waals surface area contributed by atoms with Crippen LogP contribution in [0.4, 0.5) is 0 Å². The minimum absolute atomic E-state index is 0.638. The van der Waals surface area contributed by atoms with Crippen molar-refractivity contribution in [3.63, 3.8) is 0 Å². The van der Waals surface area contributed by atoms with Crippen molar-refractivity contribution in [1.29, 1.82) is 0 Å². The lowest BCUT2D eigenvalue weighted by Gasteiger charge is -2.19. The Morgan fingerprint density at radius 2 is 1.50 bits per heavy atom. The zero-order valence-electron chi connectivity index (χ0n) is 7.66. The minimum atomic E-state index is -1.75. The first-order chi connectivity index (χ1) is 6.68. The van der Waals surface area contributed by atoms with E-state index in [4.69, 9.17) is 16.3 Å². The van der Waals surface area contributed by atoms with Gasteiger partial charge in [0.05, 0.1) is 6.61 Å². The molecule has 0 amide bonds. The van der Waals surface area contributed by atoms with Crippen LogP contribution in [0.1, 0.15) is 0 Å². The predicted octanol–water partition coefficient (Wildman–Crippen LogP) is 3.48. The topological polar surface area (TPSA) is 9.23 Å². The first-order valence-electron chi connectivity index (χ1n) is 4.05. The van der Waals surface area contributed by atoms with Crippen molar-refractivity contribution in [3.8, 4) is 0 Å². The van der Waals surface area contributed by atoms with Gasteiger partial charge >= 0.3 is 0 Å². The molecule has 86 valence electrons. The summed E-state index contributed by atoms with van der Waals surface area (Å²) in [4.78, 5) is 0. The fraction of sp³-hybridized carbons (Fsp3) is 1.00. The zero-order valence-corrected chi connectivity index (χ0v) is 13.7. The monoisotopic (exact) mass is 326 g/mol. The summed E-state index contributed by atoms with van der Waals surface area (Å²) < 4.78 is 3.94. The van der Waals surface area contributed by atoms with Crippen molar-refractivity contribution in [2.45, 2.75) is 0 Å². The number of hydrogen-bond acceptors (Lipinski definition) is 7. The molecule has 0 atom stereocenters. The molecule has 0 aliphatic heterocycles. The molecule has 0 aliphatic rings. The number of rotatable bonds is 9. The lowest BCUT2D eigenvalue weighted by Crippen LogP contribution is -1.92. The molecule has 0 saturated carbocycles. The Morgan fingerprint density at radius 1 is 1.00 bits per heavy atom. The summed E-state index contributed by atoms with van der Waals surface area (Å²) in [6.07, 6.45) is 0. The number of hydrogen-bond donors (Lipinski definition) is 3. The fourth-order valence-corrected chi connectivity index (χ4v) is 9.95. The molecule has 0 aliphatic carbocycles. The average Bonchev–Trinajstić information content (AvgIpc) is 2.21. The van der Waals surface area contributed by atoms with Crippen LogP contribution in [0.5, 0.6) is 0 Å². The summed E-state index contributed by atoms with van der Waals surface area (Å²) in [6, 6.07) is 0. The average molecular weight is 327 g/mol. The van der Waals surface area contributed by atoms with Gasteiger partial charge in [-0.25, -0.2) is 0 Å². The van der Waals surface area contributed by atoms with Gasteiger partial charge in [0.25, 0.3) is 0 Å². The molecule has 0 aromatic rings. The smallest absolute Gasteiger partial charge is 0.174 e. The van der Waals surface area contributed by atoms with Crippen molar-refractivity contribution in [3.05, 3.63) is 0 Å². The van der Waals surface area contributed by atoms with E-state index in [0.717, 1.165) is 28.8 Å².